The summed E-state index contributed by atoms with van der Waals surface area (Å²) in [6.07, 6.45) is 1.84. The molecule has 0 spiro atoms. The number of β-amino-alcohol motifs (C(OH)–C–C–N with tert-alkyl or cyclic N) is 1. The minimum atomic E-state index is -0.748. The van der Waals surface area contributed by atoms with E-state index in [2.05, 4.69) is 52.0 Å². The molecule has 1 saturated heterocycles. The molecule has 2 aromatic carbocycles. The van der Waals surface area contributed by atoms with Crippen molar-refractivity contribution in [1.82, 2.24) is 4.90 Å². The number of hydrogen-bond donors (Lipinski definition) is 1. The zero-order valence-corrected chi connectivity index (χ0v) is 14.5. The van der Waals surface area contributed by atoms with Gasteiger partial charge >= 0.3 is 0 Å². The van der Waals surface area contributed by atoms with Crippen molar-refractivity contribution < 1.29 is 5.11 Å². The fourth-order valence-corrected chi connectivity index (χ4v) is 3.60. The molecule has 116 valence electrons. The lowest BCUT2D eigenvalue weighted by molar-refractivity contribution is -0.0471. The zero-order valence-electron chi connectivity index (χ0n) is 12.9. The summed E-state index contributed by atoms with van der Waals surface area (Å²) in [5.74, 6) is 0. The molecular formula is C19H22BrNO. The van der Waals surface area contributed by atoms with Crippen molar-refractivity contribution in [1.29, 1.82) is 0 Å². The van der Waals surface area contributed by atoms with Crippen molar-refractivity contribution in [2.75, 3.05) is 13.1 Å². The second-order valence-electron chi connectivity index (χ2n) is 6.20. The molecule has 1 unspecified atom stereocenters. The predicted octanol–water partition coefficient (Wildman–Crippen LogP) is 4.49. The summed E-state index contributed by atoms with van der Waals surface area (Å²) in [6.45, 7) is 3.95. The predicted molar refractivity (Wildman–Crippen MR) is 93.7 cm³/mol. The molecule has 1 aliphatic heterocycles. The average Bonchev–Trinajstić information content (AvgIpc) is 2.55. The van der Waals surface area contributed by atoms with Crippen molar-refractivity contribution in [2.45, 2.75) is 31.4 Å². The number of rotatable bonds is 3. The van der Waals surface area contributed by atoms with Crippen LogP contribution in [0, 0.1) is 0 Å². The number of benzene rings is 2. The highest BCUT2D eigenvalue weighted by Crippen LogP contribution is 2.35. The molecule has 1 N–H and O–H groups in total. The molecule has 2 aromatic rings. The van der Waals surface area contributed by atoms with Crippen molar-refractivity contribution >= 4 is 15.9 Å². The van der Waals surface area contributed by atoms with E-state index < -0.39 is 5.60 Å². The Balaban J connectivity index is 1.80. The Hall–Kier alpha value is -1.16. The largest absolute Gasteiger partial charge is 0.384 e. The second-order valence-corrected chi connectivity index (χ2v) is 7.11. The summed E-state index contributed by atoms with van der Waals surface area (Å²) in [4.78, 5) is 2.39. The Labute approximate surface area is 140 Å². The highest BCUT2D eigenvalue weighted by molar-refractivity contribution is 9.10. The molecule has 3 heteroatoms. The first-order chi connectivity index (χ1) is 10.6. The third-order valence-corrected chi connectivity index (χ3v) is 5.24. The fraction of sp³-hybridized carbons (Fsp3) is 0.368. The van der Waals surface area contributed by atoms with Crippen LogP contribution >= 0.6 is 15.9 Å². The molecule has 2 atom stereocenters. The third-order valence-electron chi connectivity index (χ3n) is 4.71. The maximum atomic E-state index is 11.1. The summed E-state index contributed by atoms with van der Waals surface area (Å²) in [7, 11) is 0. The average molecular weight is 360 g/mol. The summed E-state index contributed by atoms with van der Waals surface area (Å²) in [6, 6.07) is 18.9. The first-order valence-electron chi connectivity index (χ1n) is 7.86. The Morgan fingerprint density at radius 1 is 1.09 bits per heavy atom. The van der Waals surface area contributed by atoms with Crippen molar-refractivity contribution in [3.05, 3.63) is 70.2 Å². The Morgan fingerprint density at radius 3 is 2.45 bits per heavy atom. The van der Waals surface area contributed by atoms with Gasteiger partial charge in [0.15, 0.2) is 0 Å². The van der Waals surface area contributed by atoms with Crippen LogP contribution < -0.4 is 0 Å². The van der Waals surface area contributed by atoms with Gasteiger partial charge in [0.05, 0.1) is 0 Å². The Morgan fingerprint density at radius 2 is 1.77 bits per heavy atom. The van der Waals surface area contributed by atoms with Gasteiger partial charge in [-0.15, -0.1) is 0 Å². The maximum Gasteiger partial charge on any atom is 0.102 e. The van der Waals surface area contributed by atoms with Crippen LogP contribution in [0.3, 0.4) is 0 Å². The van der Waals surface area contributed by atoms with Crippen molar-refractivity contribution in [2.24, 2.45) is 0 Å². The standard InChI is InChI=1S/C19H22BrNO/c1-15(16-6-3-2-4-7-16)21-13-5-12-19(22,14-21)17-8-10-18(20)11-9-17/h2-4,6-11,15,22H,5,12-14H2,1H3/t15-,19?/m0/s1. The van der Waals surface area contributed by atoms with E-state index in [1.807, 2.05) is 30.3 Å². The normalized spacial score (nSPS) is 24.1. The maximum absolute atomic E-state index is 11.1. The van der Waals surface area contributed by atoms with Crippen LogP contribution in [0.5, 0.6) is 0 Å². The minimum Gasteiger partial charge on any atom is -0.384 e. The molecule has 0 bridgehead atoms. The van der Waals surface area contributed by atoms with Crippen LogP contribution in [0.2, 0.25) is 0 Å². The quantitative estimate of drug-likeness (QED) is 0.872. The molecule has 22 heavy (non-hydrogen) atoms. The summed E-state index contributed by atoms with van der Waals surface area (Å²) >= 11 is 3.46. The fourth-order valence-electron chi connectivity index (χ4n) is 3.34. The lowest BCUT2D eigenvalue weighted by Gasteiger charge is -2.42. The van der Waals surface area contributed by atoms with Gasteiger partial charge in [0.25, 0.3) is 0 Å². The van der Waals surface area contributed by atoms with Crippen LogP contribution in [0.4, 0.5) is 0 Å². The second kappa shape index (κ2) is 6.53. The van der Waals surface area contributed by atoms with Crippen LogP contribution in [-0.4, -0.2) is 23.1 Å². The first kappa shape index (κ1) is 15.7. The topological polar surface area (TPSA) is 23.5 Å². The SMILES string of the molecule is C[C@@H](c1ccccc1)N1CCCC(O)(c2ccc(Br)cc2)C1. The van der Waals surface area contributed by atoms with Crippen LogP contribution in [0.1, 0.15) is 36.9 Å². The first-order valence-corrected chi connectivity index (χ1v) is 8.65. The van der Waals surface area contributed by atoms with Gasteiger partial charge in [0.2, 0.25) is 0 Å². The number of nitrogens with zero attached hydrogens (tertiary/aromatic N) is 1. The van der Waals surface area contributed by atoms with Gasteiger partial charge in [0.1, 0.15) is 5.60 Å². The lowest BCUT2D eigenvalue weighted by atomic mass is 9.85. The van der Waals surface area contributed by atoms with E-state index in [4.69, 9.17) is 0 Å². The van der Waals surface area contributed by atoms with E-state index >= 15 is 0 Å². The van der Waals surface area contributed by atoms with E-state index in [0.717, 1.165) is 29.4 Å². The molecule has 0 aromatic heterocycles. The smallest absolute Gasteiger partial charge is 0.102 e. The highest BCUT2D eigenvalue weighted by atomic mass is 79.9. The van der Waals surface area contributed by atoms with Gasteiger partial charge in [-0.05, 0) is 49.6 Å². The van der Waals surface area contributed by atoms with Gasteiger partial charge in [-0.25, -0.2) is 0 Å². The highest BCUT2D eigenvalue weighted by Gasteiger charge is 2.36. The molecule has 1 heterocycles. The van der Waals surface area contributed by atoms with E-state index in [9.17, 15) is 5.11 Å². The van der Waals surface area contributed by atoms with E-state index in [-0.39, 0.29) is 0 Å². The number of hydrogen-bond acceptors (Lipinski definition) is 2. The molecular weight excluding hydrogens is 338 g/mol. The molecule has 0 amide bonds. The Bertz CT molecular complexity index is 613. The summed E-state index contributed by atoms with van der Waals surface area (Å²) in [5, 5.41) is 11.1. The third kappa shape index (κ3) is 3.27. The molecule has 1 aliphatic rings. The zero-order chi connectivity index (χ0) is 15.6. The van der Waals surface area contributed by atoms with Gasteiger partial charge in [0, 0.05) is 17.1 Å². The molecule has 0 aliphatic carbocycles. The van der Waals surface area contributed by atoms with E-state index in [0.29, 0.717) is 12.6 Å². The summed E-state index contributed by atoms with van der Waals surface area (Å²) < 4.78 is 1.05. The molecule has 0 radical (unpaired) electrons. The van der Waals surface area contributed by atoms with Gasteiger partial charge in [-0.3, -0.25) is 4.90 Å². The van der Waals surface area contributed by atoms with Crippen LogP contribution in [0.25, 0.3) is 0 Å². The van der Waals surface area contributed by atoms with Crippen molar-refractivity contribution in [3.8, 4) is 0 Å². The minimum absolute atomic E-state index is 0.323. The molecule has 0 saturated carbocycles. The lowest BCUT2D eigenvalue weighted by Crippen LogP contribution is -2.46. The molecule has 1 fully saturated rings. The number of likely N-dealkylation sites (tertiary alicyclic amines) is 1. The van der Waals surface area contributed by atoms with E-state index in [1.165, 1.54) is 5.56 Å². The van der Waals surface area contributed by atoms with Gasteiger partial charge in [-0.2, -0.15) is 0 Å². The number of piperidine rings is 1. The molecule has 2 nitrogen and oxygen atoms in total. The van der Waals surface area contributed by atoms with Crippen LogP contribution in [-0.2, 0) is 5.60 Å². The number of halogens is 1. The molecule has 3 rings (SSSR count). The number of aliphatic hydroxyl groups is 1. The van der Waals surface area contributed by atoms with E-state index in [1.54, 1.807) is 0 Å². The van der Waals surface area contributed by atoms with Gasteiger partial charge < -0.3 is 5.11 Å². The Kier molecular flexibility index (Phi) is 4.67. The van der Waals surface area contributed by atoms with Crippen LogP contribution in [0.15, 0.2) is 59.1 Å². The van der Waals surface area contributed by atoms with Crippen molar-refractivity contribution in [3.63, 3.8) is 0 Å². The summed E-state index contributed by atoms with van der Waals surface area (Å²) in [5.41, 5.74) is 1.57. The van der Waals surface area contributed by atoms with Gasteiger partial charge in [-0.1, -0.05) is 58.4 Å². The monoisotopic (exact) mass is 359 g/mol.